The van der Waals surface area contributed by atoms with Gasteiger partial charge in [0.15, 0.2) is 0 Å². The van der Waals surface area contributed by atoms with E-state index in [2.05, 4.69) is 58.3 Å². The second kappa shape index (κ2) is 11.5. The third-order valence-corrected chi connectivity index (χ3v) is 9.32. The van der Waals surface area contributed by atoms with Gasteiger partial charge in [-0.25, -0.2) is 4.98 Å². The Kier molecular flexibility index (Phi) is 7.84. The highest BCUT2D eigenvalue weighted by molar-refractivity contribution is 7.99. The van der Waals surface area contributed by atoms with Crippen molar-refractivity contribution < 1.29 is 9.53 Å². The number of aryl methyl sites for hydroxylation is 1. The van der Waals surface area contributed by atoms with Gasteiger partial charge in [-0.15, -0.1) is 22.0 Å². The monoisotopic (exact) mass is 574 g/mol. The van der Waals surface area contributed by atoms with E-state index in [1.807, 2.05) is 11.6 Å². The number of carbonyl (C=O) groups excluding carboxylic acids is 1. The van der Waals surface area contributed by atoms with Crippen LogP contribution in [0.3, 0.4) is 0 Å². The third-order valence-electron chi connectivity index (χ3n) is 8.52. The van der Waals surface area contributed by atoms with Crippen LogP contribution in [-0.4, -0.2) is 68.8 Å². The summed E-state index contributed by atoms with van der Waals surface area (Å²) in [6.07, 6.45) is 6.57. The molecule has 2 fully saturated rings. The van der Waals surface area contributed by atoms with Crippen molar-refractivity contribution in [2.75, 3.05) is 37.0 Å². The number of nitrogens with zero attached hydrogens (tertiary/aromatic N) is 7. The minimum atomic E-state index is -0.243. The normalized spacial score (nSPS) is 20.5. The molecule has 0 spiro atoms. The maximum Gasteiger partial charge on any atom is 0.260 e. The molecule has 1 atom stereocenters. The zero-order valence-corrected chi connectivity index (χ0v) is 24.9. The van der Waals surface area contributed by atoms with Crippen LogP contribution in [0.5, 0.6) is 0 Å². The molecular weight excluding hydrogens is 536 g/mol. The summed E-state index contributed by atoms with van der Waals surface area (Å²) in [5.74, 6) is 8.71. The van der Waals surface area contributed by atoms with Gasteiger partial charge in [0.05, 0.1) is 31.0 Å². The van der Waals surface area contributed by atoms with Crippen LogP contribution in [0.15, 0.2) is 40.7 Å². The van der Waals surface area contributed by atoms with Crippen LogP contribution in [0.4, 0.5) is 5.82 Å². The molecule has 0 saturated carbocycles. The Morgan fingerprint density at radius 1 is 1.27 bits per heavy atom. The second-order valence-corrected chi connectivity index (χ2v) is 12.9. The first-order valence-electron chi connectivity index (χ1n) is 14.4. The van der Waals surface area contributed by atoms with Crippen molar-refractivity contribution >= 4 is 29.7 Å². The summed E-state index contributed by atoms with van der Waals surface area (Å²) in [5.41, 5.74) is 4.53. The Morgan fingerprint density at radius 2 is 2.12 bits per heavy atom. The number of ether oxygens (including phenoxy) is 1. The first kappa shape index (κ1) is 27.9. The molecule has 3 aromatic rings. The number of nitrogens with two attached hydrogens (primary N) is 1. The summed E-state index contributed by atoms with van der Waals surface area (Å²) < 4.78 is 7.70. The van der Waals surface area contributed by atoms with Crippen LogP contribution in [0.1, 0.15) is 65.1 Å². The predicted molar refractivity (Wildman–Crippen MR) is 160 cm³/mol. The zero-order chi connectivity index (χ0) is 28.6. The van der Waals surface area contributed by atoms with E-state index >= 15 is 0 Å². The number of hydrogen-bond acceptors (Lipinski definition) is 9. The molecule has 0 aliphatic carbocycles. The molecule has 1 aromatic carbocycles. The summed E-state index contributed by atoms with van der Waals surface area (Å²) in [7, 11) is 1.96. The number of likely N-dealkylation sites (tertiary alicyclic amines) is 1. The molecule has 1 amide bonds. The molecule has 3 aliphatic rings. The number of thioether (sulfide) groups is 1. The van der Waals surface area contributed by atoms with Gasteiger partial charge < -0.3 is 15.1 Å². The van der Waals surface area contributed by atoms with Crippen LogP contribution in [-0.2, 0) is 36.7 Å². The fourth-order valence-electron chi connectivity index (χ4n) is 6.31. The van der Waals surface area contributed by atoms with Gasteiger partial charge in [0, 0.05) is 43.1 Å². The van der Waals surface area contributed by atoms with Crippen molar-refractivity contribution in [3.63, 3.8) is 0 Å². The summed E-state index contributed by atoms with van der Waals surface area (Å²) in [4.78, 5) is 23.2. The smallest absolute Gasteiger partial charge is 0.260 e. The van der Waals surface area contributed by atoms with Gasteiger partial charge in [0.25, 0.3) is 5.91 Å². The van der Waals surface area contributed by atoms with E-state index in [4.69, 9.17) is 15.6 Å². The lowest BCUT2D eigenvalue weighted by molar-refractivity contribution is -0.0612. The van der Waals surface area contributed by atoms with Crippen molar-refractivity contribution in [3.05, 3.63) is 64.2 Å². The number of piperidine rings is 1. The highest BCUT2D eigenvalue weighted by atomic mass is 32.2. The van der Waals surface area contributed by atoms with Crippen molar-refractivity contribution in [1.82, 2.24) is 24.6 Å². The summed E-state index contributed by atoms with van der Waals surface area (Å²) in [6.45, 7) is 8.99. The van der Waals surface area contributed by atoms with Gasteiger partial charge in [-0.05, 0) is 72.0 Å². The molecule has 2 N–H and O–H groups in total. The Bertz CT molecular complexity index is 1470. The van der Waals surface area contributed by atoms with Crippen molar-refractivity contribution in [2.24, 2.45) is 23.9 Å². The van der Waals surface area contributed by atoms with Gasteiger partial charge in [0.1, 0.15) is 18.0 Å². The Labute approximate surface area is 245 Å². The van der Waals surface area contributed by atoms with Gasteiger partial charge >= 0.3 is 0 Å². The molecule has 41 heavy (non-hydrogen) atoms. The molecule has 2 aromatic heterocycles. The molecule has 2 saturated heterocycles. The van der Waals surface area contributed by atoms with Crippen molar-refractivity contribution in [3.8, 4) is 0 Å². The fourth-order valence-corrected chi connectivity index (χ4v) is 6.97. The van der Waals surface area contributed by atoms with Crippen LogP contribution in [0, 0.1) is 5.92 Å². The summed E-state index contributed by atoms with van der Waals surface area (Å²) in [6, 6.07) is 8.41. The first-order valence-corrected chi connectivity index (χ1v) is 15.4. The maximum absolute atomic E-state index is 14.0. The minimum Gasteiger partial charge on any atom is -0.379 e. The molecule has 3 aliphatic heterocycles. The van der Waals surface area contributed by atoms with Gasteiger partial charge in [-0.1, -0.05) is 13.8 Å². The summed E-state index contributed by atoms with van der Waals surface area (Å²) >= 11 is 1.68. The van der Waals surface area contributed by atoms with E-state index < -0.39 is 0 Å². The summed E-state index contributed by atoms with van der Waals surface area (Å²) in [5, 5.41) is 13.1. The Hall–Kier alpha value is -3.28. The predicted octanol–water partition coefficient (Wildman–Crippen LogP) is 3.52. The fraction of sp³-hybridized carbons (Fsp3) is 0.500. The number of rotatable bonds is 9. The lowest BCUT2D eigenvalue weighted by Gasteiger charge is -2.42. The van der Waals surface area contributed by atoms with Crippen LogP contribution in [0.2, 0.25) is 0 Å². The molecule has 10 nitrogen and oxygen atoms in total. The third kappa shape index (κ3) is 5.50. The SMILES string of the molecule is CCSc1cc(C2(Cc3nncn3C)COC2)cc(N2Cc3c(/C=N/N)cc(CN4CCC[C@H](C)C4)cc3C2=O)n1. The number of pyridine rings is 1. The number of anilines is 1. The largest absolute Gasteiger partial charge is 0.379 e. The van der Waals surface area contributed by atoms with E-state index in [0.29, 0.717) is 43.5 Å². The van der Waals surface area contributed by atoms with E-state index in [1.165, 1.54) is 12.8 Å². The van der Waals surface area contributed by atoms with Gasteiger partial charge in [0.2, 0.25) is 0 Å². The van der Waals surface area contributed by atoms with E-state index in [-0.39, 0.29) is 11.3 Å². The number of hydrazone groups is 1. The molecule has 6 rings (SSSR count). The molecular formula is C30H38N8O2S. The zero-order valence-electron chi connectivity index (χ0n) is 24.0. The van der Waals surface area contributed by atoms with Crippen LogP contribution in [0.25, 0.3) is 0 Å². The van der Waals surface area contributed by atoms with Gasteiger partial charge in [-0.3, -0.25) is 14.6 Å². The maximum atomic E-state index is 14.0. The average Bonchev–Trinajstić information content (AvgIpc) is 3.49. The lowest BCUT2D eigenvalue weighted by atomic mass is 9.76. The van der Waals surface area contributed by atoms with E-state index in [0.717, 1.165) is 58.5 Å². The number of amides is 1. The molecule has 0 unspecified atom stereocenters. The van der Waals surface area contributed by atoms with E-state index in [1.54, 1.807) is 29.2 Å². The van der Waals surface area contributed by atoms with Crippen molar-refractivity contribution in [1.29, 1.82) is 0 Å². The van der Waals surface area contributed by atoms with Crippen LogP contribution < -0.4 is 10.7 Å². The van der Waals surface area contributed by atoms with Crippen molar-refractivity contribution in [2.45, 2.75) is 56.6 Å². The first-order chi connectivity index (χ1) is 19.9. The minimum absolute atomic E-state index is 0.0372. The highest BCUT2D eigenvalue weighted by Crippen LogP contribution is 2.40. The standard InChI is InChI=1S/C30H38N8O2S/c1-4-41-28-11-23(30(17-40-18-30)12-27-35-33-19-36(27)3)10-26(34-28)38-16-25-22(13-32-31)8-21(9-24(25)29(38)39)15-37-7-5-6-20(2)14-37/h8-11,13,19-20H,4-7,12,14-18,31H2,1-3H3/b32-13+/t20-/m0/s1. The number of aromatic nitrogens is 4. The number of fused-ring (bicyclic) bond motifs is 1. The van der Waals surface area contributed by atoms with E-state index in [9.17, 15) is 4.79 Å². The molecule has 5 heterocycles. The number of carbonyl (C=O) groups is 1. The van der Waals surface area contributed by atoms with Gasteiger partial charge in [-0.2, -0.15) is 5.10 Å². The lowest BCUT2D eigenvalue weighted by Crippen LogP contribution is -2.49. The molecule has 11 heteroatoms. The average molecular weight is 575 g/mol. The molecule has 0 radical (unpaired) electrons. The number of hydrogen-bond donors (Lipinski definition) is 1. The second-order valence-electron chi connectivity index (χ2n) is 11.7. The molecule has 216 valence electrons. The Balaban J connectivity index is 1.34. The molecule has 0 bridgehead atoms. The Morgan fingerprint density at radius 3 is 2.80 bits per heavy atom. The quantitative estimate of drug-likeness (QED) is 0.179. The highest BCUT2D eigenvalue weighted by Gasteiger charge is 2.43. The van der Waals surface area contributed by atoms with Crippen LogP contribution >= 0.6 is 11.8 Å². The topological polar surface area (TPSA) is 115 Å². The number of benzene rings is 1.